The van der Waals surface area contributed by atoms with Crippen LogP contribution in [0.2, 0.25) is 0 Å². The SMILES string of the molecule is Cc1cc(F)c2[nH]c(=O)cc(C(=O)N(C)Cc3nccs3)c2c1. The molecule has 1 amide bonds. The third kappa shape index (κ3) is 3.00. The molecular weight excluding hydrogens is 317 g/mol. The molecule has 0 unspecified atom stereocenters. The number of thiazole rings is 1. The fourth-order valence-electron chi connectivity index (χ4n) is 2.44. The van der Waals surface area contributed by atoms with Crippen LogP contribution >= 0.6 is 11.3 Å². The molecule has 0 aliphatic carbocycles. The van der Waals surface area contributed by atoms with Crippen LogP contribution in [-0.2, 0) is 6.54 Å². The molecule has 0 saturated carbocycles. The summed E-state index contributed by atoms with van der Waals surface area (Å²) in [5.74, 6) is -0.893. The van der Waals surface area contributed by atoms with E-state index in [-0.39, 0.29) is 17.0 Å². The van der Waals surface area contributed by atoms with Gasteiger partial charge >= 0.3 is 0 Å². The van der Waals surface area contributed by atoms with Gasteiger partial charge in [0.2, 0.25) is 5.56 Å². The number of nitrogens with zero attached hydrogens (tertiary/aromatic N) is 2. The first-order valence-electron chi connectivity index (χ1n) is 6.92. The summed E-state index contributed by atoms with van der Waals surface area (Å²) in [5.41, 5.74) is 0.407. The van der Waals surface area contributed by atoms with Gasteiger partial charge in [-0.05, 0) is 24.6 Å². The summed E-state index contributed by atoms with van der Waals surface area (Å²) >= 11 is 1.44. The summed E-state index contributed by atoms with van der Waals surface area (Å²) in [6, 6.07) is 4.23. The summed E-state index contributed by atoms with van der Waals surface area (Å²) < 4.78 is 14.1. The molecule has 0 saturated heterocycles. The van der Waals surface area contributed by atoms with Crippen LogP contribution < -0.4 is 5.56 Å². The number of fused-ring (bicyclic) bond motifs is 1. The lowest BCUT2D eigenvalue weighted by Gasteiger charge is -2.17. The van der Waals surface area contributed by atoms with E-state index in [0.717, 1.165) is 5.01 Å². The van der Waals surface area contributed by atoms with Crippen molar-refractivity contribution in [1.29, 1.82) is 0 Å². The Kier molecular flexibility index (Phi) is 3.96. The second kappa shape index (κ2) is 5.92. The van der Waals surface area contributed by atoms with Crippen LogP contribution in [0.5, 0.6) is 0 Å². The van der Waals surface area contributed by atoms with Crippen molar-refractivity contribution >= 4 is 28.1 Å². The van der Waals surface area contributed by atoms with Crippen LogP contribution in [0.4, 0.5) is 4.39 Å². The second-order valence-electron chi connectivity index (χ2n) is 5.30. The molecule has 0 bridgehead atoms. The largest absolute Gasteiger partial charge is 0.335 e. The summed E-state index contributed by atoms with van der Waals surface area (Å²) in [6.07, 6.45) is 1.67. The molecule has 118 valence electrons. The van der Waals surface area contributed by atoms with E-state index < -0.39 is 11.4 Å². The number of hydrogen-bond acceptors (Lipinski definition) is 4. The maximum absolute atomic E-state index is 14.1. The van der Waals surface area contributed by atoms with Gasteiger partial charge in [-0.1, -0.05) is 0 Å². The highest BCUT2D eigenvalue weighted by Gasteiger charge is 2.18. The van der Waals surface area contributed by atoms with E-state index in [9.17, 15) is 14.0 Å². The number of carbonyl (C=O) groups excluding carboxylic acids is 1. The van der Waals surface area contributed by atoms with Crippen LogP contribution in [-0.4, -0.2) is 27.8 Å². The maximum Gasteiger partial charge on any atom is 0.254 e. The molecule has 2 aromatic heterocycles. The number of H-pyrrole nitrogens is 1. The minimum absolute atomic E-state index is 0.0501. The molecule has 0 aliphatic rings. The van der Waals surface area contributed by atoms with Crippen LogP contribution in [0.3, 0.4) is 0 Å². The fourth-order valence-corrected chi connectivity index (χ4v) is 3.11. The summed E-state index contributed by atoms with van der Waals surface area (Å²) in [7, 11) is 1.63. The smallest absolute Gasteiger partial charge is 0.254 e. The zero-order valence-electron chi connectivity index (χ0n) is 12.6. The molecule has 23 heavy (non-hydrogen) atoms. The highest BCUT2D eigenvalue weighted by Crippen LogP contribution is 2.22. The van der Waals surface area contributed by atoms with Gasteiger partial charge in [0.1, 0.15) is 10.8 Å². The van der Waals surface area contributed by atoms with Crippen LogP contribution in [0, 0.1) is 12.7 Å². The molecule has 1 aromatic carbocycles. The number of rotatable bonds is 3. The topological polar surface area (TPSA) is 66.1 Å². The average molecular weight is 331 g/mol. The van der Waals surface area contributed by atoms with E-state index in [0.29, 0.717) is 17.5 Å². The van der Waals surface area contributed by atoms with Crippen LogP contribution in [0.1, 0.15) is 20.9 Å². The number of halogens is 1. The second-order valence-corrected chi connectivity index (χ2v) is 6.28. The van der Waals surface area contributed by atoms with Crippen molar-refractivity contribution < 1.29 is 9.18 Å². The minimum atomic E-state index is -0.547. The molecule has 0 spiro atoms. The number of amides is 1. The van der Waals surface area contributed by atoms with E-state index in [2.05, 4.69) is 9.97 Å². The van der Waals surface area contributed by atoms with Gasteiger partial charge in [0, 0.05) is 30.1 Å². The summed E-state index contributed by atoms with van der Waals surface area (Å²) in [5, 5.41) is 3.02. The molecular formula is C16H14FN3O2S. The van der Waals surface area contributed by atoms with Crippen LogP contribution in [0.25, 0.3) is 10.9 Å². The molecule has 0 fully saturated rings. The third-order valence-electron chi connectivity index (χ3n) is 3.48. The van der Waals surface area contributed by atoms with Gasteiger partial charge in [-0.15, -0.1) is 11.3 Å². The zero-order chi connectivity index (χ0) is 16.6. The van der Waals surface area contributed by atoms with Crippen LogP contribution in [0.15, 0.2) is 34.6 Å². The molecule has 0 aliphatic heterocycles. The van der Waals surface area contributed by atoms with Crippen molar-refractivity contribution in [2.75, 3.05) is 7.05 Å². The van der Waals surface area contributed by atoms with E-state index >= 15 is 0 Å². The third-order valence-corrected chi connectivity index (χ3v) is 4.25. The predicted octanol–water partition coefficient (Wildman–Crippen LogP) is 2.70. The number of hydrogen-bond donors (Lipinski definition) is 1. The Hall–Kier alpha value is -2.54. The lowest BCUT2D eigenvalue weighted by molar-refractivity contribution is 0.0786. The first kappa shape index (κ1) is 15.4. The lowest BCUT2D eigenvalue weighted by atomic mass is 10.1. The summed E-state index contributed by atoms with van der Waals surface area (Å²) in [6.45, 7) is 2.07. The molecule has 2 heterocycles. The number of pyridine rings is 1. The molecule has 5 nitrogen and oxygen atoms in total. The first-order valence-corrected chi connectivity index (χ1v) is 7.80. The standard InChI is InChI=1S/C16H14FN3O2S/c1-9-5-10-11(7-13(21)19-15(10)12(17)6-9)16(22)20(2)8-14-18-3-4-23-14/h3-7H,8H2,1-2H3,(H,19,21). The number of nitrogens with one attached hydrogen (secondary N) is 1. The Morgan fingerprint density at radius 3 is 2.87 bits per heavy atom. The summed E-state index contributed by atoms with van der Waals surface area (Å²) in [4.78, 5) is 32.5. The predicted molar refractivity (Wildman–Crippen MR) is 87.2 cm³/mol. The van der Waals surface area contributed by atoms with Gasteiger partial charge in [-0.3, -0.25) is 9.59 Å². The van der Waals surface area contributed by atoms with E-state index in [1.165, 1.54) is 28.4 Å². The fraction of sp³-hybridized carbons (Fsp3) is 0.188. The average Bonchev–Trinajstić information content (AvgIpc) is 2.99. The normalized spacial score (nSPS) is 10.9. The van der Waals surface area contributed by atoms with Crippen molar-refractivity contribution in [2.45, 2.75) is 13.5 Å². The van der Waals surface area contributed by atoms with Gasteiger partial charge in [0.15, 0.2) is 0 Å². The maximum atomic E-state index is 14.1. The molecule has 1 N–H and O–H groups in total. The number of aromatic amines is 1. The number of aryl methyl sites for hydroxylation is 1. The molecule has 7 heteroatoms. The van der Waals surface area contributed by atoms with Gasteiger partial charge in [0.05, 0.1) is 17.6 Å². The Balaban J connectivity index is 2.08. The quantitative estimate of drug-likeness (QED) is 0.802. The molecule has 0 atom stereocenters. The van der Waals surface area contributed by atoms with Crippen molar-refractivity contribution in [1.82, 2.24) is 14.9 Å². The Bertz CT molecular complexity index is 934. The van der Waals surface area contributed by atoms with Gasteiger partial charge in [-0.2, -0.15) is 0 Å². The molecule has 3 rings (SSSR count). The first-order chi connectivity index (χ1) is 11.0. The van der Waals surface area contributed by atoms with Crippen molar-refractivity contribution in [3.63, 3.8) is 0 Å². The van der Waals surface area contributed by atoms with Gasteiger partial charge < -0.3 is 9.88 Å². The number of benzene rings is 1. The zero-order valence-corrected chi connectivity index (χ0v) is 13.4. The number of carbonyl (C=O) groups is 1. The van der Waals surface area contributed by atoms with E-state index in [1.807, 2.05) is 5.38 Å². The Morgan fingerprint density at radius 2 is 2.17 bits per heavy atom. The van der Waals surface area contributed by atoms with E-state index in [4.69, 9.17) is 0 Å². The van der Waals surface area contributed by atoms with Crippen molar-refractivity contribution in [3.8, 4) is 0 Å². The highest BCUT2D eigenvalue weighted by atomic mass is 32.1. The Labute approximate surface area is 135 Å². The Morgan fingerprint density at radius 1 is 1.39 bits per heavy atom. The highest BCUT2D eigenvalue weighted by molar-refractivity contribution is 7.09. The molecule has 3 aromatic rings. The van der Waals surface area contributed by atoms with Gasteiger partial charge in [0.25, 0.3) is 5.91 Å². The van der Waals surface area contributed by atoms with Gasteiger partial charge in [-0.25, -0.2) is 9.37 Å². The minimum Gasteiger partial charge on any atom is -0.335 e. The molecule has 0 radical (unpaired) electrons. The van der Waals surface area contributed by atoms with Crippen molar-refractivity contribution in [2.24, 2.45) is 0 Å². The van der Waals surface area contributed by atoms with Crippen molar-refractivity contribution in [3.05, 3.63) is 62.1 Å². The van der Waals surface area contributed by atoms with E-state index in [1.54, 1.807) is 26.2 Å². The monoisotopic (exact) mass is 331 g/mol. The lowest BCUT2D eigenvalue weighted by Crippen LogP contribution is -2.27. The number of aromatic nitrogens is 2.